The van der Waals surface area contributed by atoms with Crippen molar-refractivity contribution in [1.29, 1.82) is 0 Å². The first-order valence-electron chi connectivity index (χ1n) is 8.11. The number of nitrogens with one attached hydrogen (secondary N) is 1. The molecule has 124 valence electrons. The van der Waals surface area contributed by atoms with Crippen LogP contribution in [0.4, 0.5) is 11.4 Å². The van der Waals surface area contributed by atoms with Gasteiger partial charge in [0, 0.05) is 18.3 Å². The smallest absolute Gasteiger partial charge is 0.337 e. The van der Waals surface area contributed by atoms with Crippen LogP contribution in [0.25, 0.3) is 0 Å². The minimum absolute atomic E-state index is 0.0964. The molecule has 24 heavy (non-hydrogen) atoms. The molecule has 5 nitrogen and oxygen atoms in total. The molecule has 5 heteroatoms. The first kappa shape index (κ1) is 16.2. The first-order valence-corrected chi connectivity index (χ1v) is 8.11. The zero-order valence-electron chi connectivity index (χ0n) is 13.4. The molecule has 1 heterocycles. The number of rotatable bonds is 4. The van der Waals surface area contributed by atoms with Crippen molar-refractivity contribution in [2.24, 2.45) is 4.99 Å². The highest BCUT2D eigenvalue weighted by atomic mass is 16.4. The van der Waals surface area contributed by atoms with Crippen LogP contribution >= 0.6 is 0 Å². The molecule has 2 aromatic rings. The largest absolute Gasteiger partial charge is 0.478 e. The zero-order chi connectivity index (χ0) is 16.9. The number of nitrogens with two attached hydrogens (primary N) is 1. The lowest BCUT2D eigenvalue weighted by atomic mass is 9.92. The number of benzene rings is 2. The van der Waals surface area contributed by atoms with Gasteiger partial charge in [0.1, 0.15) is 0 Å². The molecule has 1 unspecified atom stereocenters. The SMILES string of the molecule is Nc1c(C=Nc2ccc(C3CCCNC3)cc2)cccc1C(=O)O. The topological polar surface area (TPSA) is 87.7 Å². The number of anilines is 1. The highest BCUT2D eigenvalue weighted by Gasteiger charge is 2.14. The number of hydrogen-bond donors (Lipinski definition) is 3. The molecule has 0 spiro atoms. The van der Waals surface area contributed by atoms with Crippen molar-refractivity contribution in [2.75, 3.05) is 18.8 Å². The van der Waals surface area contributed by atoms with Crippen molar-refractivity contribution in [1.82, 2.24) is 5.32 Å². The fourth-order valence-electron chi connectivity index (χ4n) is 3.00. The highest BCUT2D eigenvalue weighted by Crippen LogP contribution is 2.25. The van der Waals surface area contributed by atoms with E-state index in [0.29, 0.717) is 11.5 Å². The van der Waals surface area contributed by atoms with Crippen LogP contribution in [-0.4, -0.2) is 30.4 Å². The Hall–Kier alpha value is -2.66. The molecule has 0 aromatic heterocycles. The molecule has 1 fully saturated rings. The molecule has 0 saturated carbocycles. The number of carboxylic acids is 1. The lowest BCUT2D eigenvalue weighted by Gasteiger charge is -2.23. The summed E-state index contributed by atoms with van der Waals surface area (Å²) in [5, 5.41) is 12.5. The van der Waals surface area contributed by atoms with E-state index in [1.807, 2.05) is 12.1 Å². The number of para-hydroxylation sites is 1. The highest BCUT2D eigenvalue weighted by molar-refractivity contribution is 6.00. The first-order chi connectivity index (χ1) is 11.6. The number of piperidine rings is 1. The van der Waals surface area contributed by atoms with Gasteiger partial charge in [0.25, 0.3) is 0 Å². The molecule has 0 radical (unpaired) electrons. The van der Waals surface area contributed by atoms with Gasteiger partial charge in [-0.25, -0.2) is 4.79 Å². The molecule has 1 aliphatic rings. The van der Waals surface area contributed by atoms with Gasteiger partial charge in [-0.15, -0.1) is 0 Å². The molecule has 0 amide bonds. The second kappa shape index (κ2) is 7.27. The third kappa shape index (κ3) is 3.63. The number of carbonyl (C=O) groups is 1. The van der Waals surface area contributed by atoms with Crippen LogP contribution in [0.1, 0.15) is 40.2 Å². The number of carboxylic acid groups (broad SMARTS) is 1. The number of hydrogen-bond acceptors (Lipinski definition) is 4. The molecule has 1 atom stereocenters. The van der Waals surface area contributed by atoms with Crippen molar-refractivity contribution in [3.05, 3.63) is 59.2 Å². The molecule has 1 aliphatic heterocycles. The Morgan fingerprint density at radius 1 is 1.25 bits per heavy atom. The lowest BCUT2D eigenvalue weighted by molar-refractivity contribution is 0.0698. The van der Waals surface area contributed by atoms with E-state index in [4.69, 9.17) is 10.8 Å². The van der Waals surface area contributed by atoms with Gasteiger partial charge in [0.15, 0.2) is 0 Å². The van der Waals surface area contributed by atoms with Crippen LogP contribution in [-0.2, 0) is 0 Å². The Labute approximate surface area is 141 Å². The molecule has 1 saturated heterocycles. The van der Waals surface area contributed by atoms with Crippen LogP contribution in [0, 0.1) is 0 Å². The predicted octanol–water partition coefficient (Wildman–Crippen LogP) is 3.18. The summed E-state index contributed by atoms with van der Waals surface area (Å²) in [5.41, 5.74) is 8.98. The van der Waals surface area contributed by atoms with Crippen molar-refractivity contribution in [3.63, 3.8) is 0 Å². The van der Waals surface area contributed by atoms with Gasteiger partial charge < -0.3 is 16.2 Å². The van der Waals surface area contributed by atoms with Gasteiger partial charge in [0.2, 0.25) is 0 Å². The minimum Gasteiger partial charge on any atom is -0.478 e. The molecule has 0 bridgehead atoms. The fraction of sp³-hybridized carbons (Fsp3) is 0.263. The Kier molecular flexibility index (Phi) is 4.91. The quantitative estimate of drug-likeness (QED) is 0.595. The van der Waals surface area contributed by atoms with E-state index in [2.05, 4.69) is 22.4 Å². The van der Waals surface area contributed by atoms with Crippen molar-refractivity contribution in [3.8, 4) is 0 Å². The van der Waals surface area contributed by atoms with Gasteiger partial charge in [-0.1, -0.05) is 24.3 Å². The van der Waals surface area contributed by atoms with Crippen LogP contribution in [0.2, 0.25) is 0 Å². The second-order valence-electron chi connectivity index (χ2n) is 6.01. The van der Waals surface area contributed by atoms with Gasteiger partial charge in [-0.3, -0.25) is 4.99 Å². The fourth-order valence-corrected chi connectivity index (χ4v) is 3.00. The number of nitrogens with zero attached hydrogens (tertiary/aromatic N) is 1. The van der Waals surface area contributed by atoms with Crippen molar-refractivity contribution < 1.29 is 9.90 Å². The molecular formula is C19H21N3O2. The third-order valence-corrected chi connectivity index (χ3v) is 4.38. The van der Waals surface area contributed by atoms with E-state index in [1.54, 1.807) is 18.3 Å². The summed E-state index contributed by atoms with van der Waals surface area (Å²) in [6, 6.07) is 13.1. The van der Waals surface area contributed by atoms with E-state index in [-0.39, 0.29) is 11.3 Å². The van der Waals surface area contributed by atoms with Crippen LogP contribution in [0.5, 0.6) is 0 Å². The van der Waals surface area contributed by atoms with E-state index in [0.717, 1.165) is 18.8 Å². The molecule has 4 N–H and O–H groups in total. The monoisotopic (exact) mass is 323 g/mol. The summed E-state index contributed by atoms with van der Waals surface area (Å²) in [7, 11) is 0. The summed E-state index contributed by atoms with van der Waals surface area (Å²) in [4.78, 5) is 15.5. The summed E-state index contributed by atoms with van der Waals surface area (Å²) in [6.45, 7) is 2.14. The third-order valence-electron chi connectivity index (χ3n) is 4.38. The summed E-state index contributed by atoms with van der Waals surface area (Å²) in [5.74, 6) is -0.465. The Balaban J connectivity index is 1.75. The molecule has 3 rings (SSSR count). The van der Waals surface area contributed by atoms with Gasteiger partial charge in [-0.2, -0.15) is 0 Å². The summed E-state index contributed by atoms with van der Waals surface area (Å²) in [6.07, 6.45) is 4.04. The number of aromatic carboxylic acids is 1. The zero-order valence-corrected chi connectivity index (χ0v) is 13.4. The van der Waals surface area contributed by atoms with E-state index < -0.39 is 5.97 Å². The average molecular weight is 323 g/mol. The molecule has 2 aromatic carbocycles. The van der Waals surface area contributed by atoms with Gasteiger partial charge in [-0.05, 0) is 49.1 Å². The Morgan fingerprint density at radius 3 is 2.71 bits per heavy atom. The van der Waals surface area contributed by atoms with Gasteiger partial charge >= 0.3 is 5.97 Å². The maximum Gasteiger partial charge on any atom is 0.337 e. The van der Waals surface area contributed by atoms with Crippen LogP contribution < -0.4 is 11.1 Å². The molecule has 0 aliphatic carbocycles. The normalized spacial score (nSPS) is 17.9. The average Bonchev–Trinajstić information content (AvgIpc) is 2.62. The number of nitrogen functional groups attached to an aromatic ring is 1. The van der Waals surface area contributed by atoms with E-state index in [1.165, 1.54) is 24.5 Å². The van der Waals surface area contributed by atoms with Crippen LogP contribution in [0.3, 0.4) is 0 Å². The van der Waals surface area contributed by atoms with Crippen molar-refractivity contribution >= 4 is 23.6 Å². The van der Waals surface area contributed by atoms with Gasteiger partial charge in [0.05, 0.1) is 16.9 Å². The molecular weight excluding hydrogens is 302 g/mol. The standard InChI is InChI=1S/C19H21N3O2/c20-18-15(3-1-5-17(18)19(23)24)12-22-16-8-6-13(7-9-16)14-4-2-10-21-11-14/h1,3,5-9,12,14,21H,2,4,10-11,20H2,(H,23,24). The van der Waals surface area contributed by atoms with Crippen LogP contribution in [0.15, 0.2) is 47.5 Å². The maximum atomic E-state index is 11.1. The maximum absolute atomic E-state index is 11.1. The van der Waals surface area contributed by atoms with E-state index in [9.17, 15) is 4.79 Å². The Morgan fingerprint density at radius 2 is 2.04 bits per heavy atom. The summed E-state index contributed by atoms with van der Waals surface area (Å²) < 4.78 is 0. The lowest BCUT2D eigenvalue weighted by Crippen LogP contribution is -2.28. The Bertz CT molecular complexity index is 748. The number of aliphatic imine (C=N–C) groups is 1. The van der Waals surface area contributed by atoms with E-state index >= 15 is 0 Å². The summed E-state index contributed by atoms with van der Waals surface area (Å²) >= 11 is 0. The van der Waals surface area contributed by atoms with Crippen molar-refractivity contribution in [2.45, 2.75) is 18.8 Å². The second-order valence-corrected chi connectivity index (χ2v) is 6.01. The minimum atomic E-state index is -1.03. The predicted molar refractivity (Wildman–Crippen MR) is 96.4 cm³/mol.